The molecule has 3 aromatic rings. The first-order valence-electron chi connectivity index (χ1n) is 11.7. The van der Waals surface area contributed by atoms with Crippen LogP contribution >= 0.6 is 11.8 Å². The minimum Gasteiger partial charge on any atom is -0.481 e. The lowest BCUT2D eigenvalue weighted by Gasteiger charge is -2.28. The van der Waals surface area contributed by atoms with Gasteiger partial charge in [-0.15, -0.1) is 11.8 Å². The van der Waals surface area contributed by atoms with Crippen molar-refractivity contribution in [3.63, 3.8) is 0 Å². The van der Waals surface area contributed by atoms with E-state index in [0.717, 1.165) is 25.7 Å². The van der Waals surface area contributed by atoms with Gasteiger partial charge in [0.05, 0.1) is 40.8 Å². The third kappa shape index (κ3) is 6.81. The van der Waals surface area contributed by atoms with Gasteiger partial charge in [-0.05, 0) is 31.0 Å². The van der Waals surface area contributed by atoms with Gasteiger partial charge in [0.25, 0.3) is 0 Å². The Morgan fingerprint density at radius 3 is 2.84 bits per heavy atom. The maximum Gasteiger partial charge on any atom is 0.409 e. The van der Waals surface area contributed by atoms with E-state index in [1.165, 1.54) is 31.1 Å². The van der Waals surface area contributed by atoms with E-state index in [1.54, 1.807) is 18.2 Å². The largest absolute Gasteiger partial charge is 0.481 e. The van der Waals surface area contributed by atoms with Crippen molar-refractivity contribution < 1.29 is 28.9 Å². The Bertz CT molecular complexity index is 1300. The highest BCUT2D eigenvalue weighted by Crippen LogP contribution is 2.31. The van der Waals surface area contributed by atoms with Gasteiger partial charge >= 0.3 is 6.09 Å². The molecule has 2 amide bonds. The molecule has 0 aromatic carbocycles. The number of methoxy groups -OCH3 is 1. The zero-order chi connectivity index (χ0) is 26.4. The zero-order valence-corrected chi connectivity index (χ0v) is 20.8. The molecule has 0 bridgehead atoms. The quantitative estimate of drug-likeness (QED) is 0.331. The molecule has 1 saturated carbocycles. The molecule has 2 aliphatic rings. The van der Waals surface area contributed by atoms with Crippen LogP contribution in [0.25, 0.3) is 11.0 Å². The smallest absolute Gasteiger partial charge is 0.409 e. The van der Waals surface area contributed by atoms with Gasteiger partial charge in [-0.2, -0.15) is 0 Å². The van der Waals surface area contributed by atoms with Gasteiger partial charge in [-0.3, -0.25) is 15.1 Å². The summed E-state index contributed by atoms with van der Waals surface area (Å²) in [5, 5.41) is 26.7. The van der Waals surface area contributed by atoms with E-state index >= 15 is 0 Å². The van der Waals surface area contributed by atoms with E-state index in [9.17, 15) is 19.1 Å². The monoisotopic (exact) mass is 530 g/mol. The Hall–Kier alpha value is -3.55. The van der Waals surface area contributed by atoms with Gasteiger partial charge < -0.3 is 25.6 Å². The highest BCUT2D eigenvalue weighted by molar-refractivity contribution is 8.00. The van der Waals surface area contributed by atoms with Gasteiger partial charge in [0.15, 0.2) is 0 Å². The van der Waals surface area contributed by atoms with Crippen molar-refractivity contribution >= 4 is 46.3 Å². The van der Waals surface area contributed by atoms with Gasteiger partial charge in [0.2, 0.25) is 11.8 Å². The SMILES string of the molecule is COc1ccc2nccc(NC(=O)O)c2n1.O=C1CSc2cc(F)c(CN[C@H]3CCCC[C@@H]3O)nc2N1. The number of carboxylic acid groups (broad SMARTS) is 1. The molecule has 11 nitrogen and oxygen atoms in total. The molecular formula is C24H27FN6O5S. The van der Waals surface area contributed by atoms with Crippen molar-refractivity contribution in [2.75, 3.05) is 23.5 Å². The van der Waals surface area contributed by atoms with Crippen LogP contribution in [0.15, 0.2) is 35.4 Å². The topological polar surface area (TPSA) is 159 Å². The first-order valence-corrected chi connectivity index (χ1v) is 12.7. The lowest BCUT2D eigenvalue weighted by molar-refractivity contribution is -0.113. The summed E-state index contributed by atoms with van der Waals surface area (Å²) in [6.07, 6.45) is 3.77. The summed E-state index contributed by atoms with van der Waals surface area (Å²) in [7, 11) is 1.49. The Kier molecular flexibility index (Phi) is 8.69. The van der Waals surface area contributed by atoms with E-state index in [1.807, 2.05) is 0 Å². The molecule has 37 heavy (non-hydrogen) atoms. The summed E-state index contributed by atoms with van der Waals surface area (Å²) in [6, 6.07) is 6.33. The number of nitrogens with zero attached hydrogens (tertiary/aromatic N) is 3. The third-order valence-electron chi connectivity index (χ3n) is 5.90. The van der Waals surface area contributed by atoms with Crippen molar-refractivity contribution in [3.05, 3.63) is 42.0 Å². The van der Waals surface area contributed by atoms with Crippen molar-refractivity contribution in [3.8, 4) is 5.88 Å². The normalized spacial score (nSPS) is 18.7. The van der Waals surface area contributed by atoms with E-state index in [4.69, 9.17) is 9.84 Å². The van der Waals surface area contributed by atoms with Crippen molar-refractivity contribution in [1.82, 2.24) is 20.3 Å². The number of hydrogen-bond acceptors (Lipinski definition) is 9. The second-order valence-corrected chi connectivity index (χ2v) is 9.47. The molecule has 4 heterocycles. The molecule has 1 fully saturated rings. The highest BCUT2D eigenvalue weighted by atomic mass is 32.2. The number of halogens is 1. The molecular weight excluding hydrogens is 503 g/mol. The summed E-state index contributed by atoms with van der Waals surface area (Å²) < 4.78 is 19.0. The van der Waals surface area contributed by atoms with Crippen LogP contribution in [0.4, 0.5) is 20.7 Å². The fourth-order valence-corrected chi connectivity index (χ4v) is 4.84. The van der Waals surface area contributed by atoms with Gasteiger partial charge in [-0.1, -0.05) is 12.8 Å². The van der Waals surface area contributed by atoms with E-state index in [2.05, 4.69) is 30.9 Å². The number of carbonyl (C=O) groups excluding carboxylic acids is 1. The molecule has 3 aromatic heterocycles. The maximum absolute atomic E-state index is 14.0. The van der Waals surface area contributed by atoms with Crippen LogP contribution in [0.3, 0.4) is 0 Å². The van der Waals surface area contributed by atoms with Gasteiger partial charge in [0.1, 0.15) is 17.2 Å². The fraction of sp³-hybridized carbons (Fsp3) is 0.375. The first kappa shape index (κ1) is 26.5. The number of amides is 2. The predicted molar refractivity (Wildman–Crippen MR) is 136 cm³/mol. The summed E-state index contributed by atoms with van der Waals surface area (Å²) in [6.45, 7) is 0.251. The Morgan fingerprint density at radius 1 is 1.27 bits per heavy atom. The van der Waals surface area contributed by atoms with E-state index < -0.39 is 6.09 Å². The molecule has 5 N–H and O–H groups in total. The molecule has 5 rings (SSSR count). The maximum atomic E-state index is 14.0. The summed E-state index contributed by atoms with van der Waals surface area (Å²) >= 11 is 1.29. The Morgan fingerprint density at radius 2 is 2.08 bits per heavy atom. The molecule has 2 atom stereocenters. The Labute approximate surface area is 216 Å². The van der Waals surface area contributed by atoms with Crippen LogP contribution in [0.1, 0.15) is 31.4 Å². The Balaban J connectivity index is 0.000000180. The van der Waals surface area contributed by atoms with Crippen LogP contribution in [0.5, 0.6) is 5.88 Å². The van der Waals surface area contributed by atoms with Crippen molar-refractivity contribution in [1.29, 1.82) is 0 Å². The number of anilines is 2. The number of fused-ring (bicyclic) bond motifs is 2. The average molecular weight is 531 g/mol. The lowest BCUT2D eigenvalue weighted by Crippen LogP contribution is -2.41. The molecule has 1 aliphatic heterocycles. The first-order chi connectivity index (χ1) is 17.8. The lowest BCUT2D eigenvalue weighted by atomic mass is 9.92. The molecule has 1 aliphatic carbocycles. The molecule has 196 valence electrons. The number of aliphatic hydroxyl groups excluding tert-OH is 1. The number of aromatic nitrogens is 3. The van der Waals surface area contributed by atoms with E-state index in [0.29, 0.717) is 39.1 Å². The zero-order valence-electron chi connectivity index (χ0n) is 20.0. The molecule has 0 saturated heterocycles. The number of aliphatic hydroxyl groups is 1. The number of pyridine rings is 3. The molecule has 0 radical (unpaired) electrons. The third-order valence-corrected chi connectivity index (χ3v) is 6.93. The number of rotatable bonds is 5. The number of ether oxygens (including phenoxy) is 1. The second kappa shape index (κ2) is 12.1. The fourth-order valence-electron chi connectivity index (χ4n) is 4.06. The summed E-state index contributed by atoms with van der Waals surface area (Å²) in [4.78, 5) is 35.0. The minimum absolute atomic E-state index is 0.0139. The van der Waals surface area contributed by atoms with Crippen LogP contribution in [0, 0.1) is 5.82 Å². The van der Waals surface area contributed by atoms with Crippen molar-refractivity contribution in [2.45, 2.75) is 49.3 Å². The number of carbonyl (C=O) groups is 2. The van der Waals surface area contributed by atoms with Crippen LogP contribution in [-0.4, -0.2) is 62.2 Å². The molecule has 0 spiro atoms. The van der Waals surface area contributed by atoms with Gasteiger partial charge in [0, 0.05) is 24.8 Å². The van der Waals surface area contributed by atoms with E-state index in [-0.39, 0.29) is 36.1 Å². The average Bonchev–Trinajstić information content (AvgIpc) is 2.88. The molecule has 0 unspecified atom stereocenters. The molecule has 13 heteroatoms. The van der Waals surface area contributed by atoms with Gasteiger partial charge in [-0.25, -0.2) is 19.2 Å². The summed E-state index contributed by atoms with van der Waals surface area (Å²) in [5.41, 5.74) is 1.72. The standard InChI is InChI=1S/C14H18FN3O2S.C10H9N3O3/c15-8-5-12-14(18-13(20)7-21-12)17-10(8)6-16-9-3-1-2-4-11(9)19;1-16-8-3-2-6-9(13-8)7(4-5-11-6)12-10(14)15/h5,9,11,16,19H,1-4,6-7H2,(H,17,18,20);2-5H,1H3,(H,11,12)(H,14,15)/t9-,11-;/m0./s1. The second-order valence-electron chi connectivity index (χ2n) is 8.45. The summed E-state index contributed by atoms with van der Waals surface area (Å²) in [5.74, 6) is 0.635. The number of nitrogens with one attached hydrogen (secondary N) is 3. The number of hydrogen-bond donors (Lipinski definition) is 5. The van der Waals surface area contributed by atoms with Crippen LogP contribution in [0.2, 0.25) is 0 Å². The number of thioether (sulfide) groups is 1. The minimum atomic E-state index is -1.14. The van der Waals surface area contributed by atoms with Crippen molar-refractivity contribution in [2.24, 2.45) is 0 Å². The van der Waals surface area contributed by atoms with Crippen LogP contribution in [-0.2, 0) is 11.3 Å². The predicted octanol–water partition coefficient (Wildman–Crippen LogP) is 3.39. The van der Waals surface area contributed by atoms with Crippen LogP contribution < -0.4 is 20.7 Å². The highest BCUT2D eigenvalue weighted by Gasteiger charge is 2.24.